The lowest BCUT2D eigenvalue weighted by molar-refractivity contribution is 0.270. The van der Waals surface area contributed by atoms with Gasteiger partial charge in [-0.2, -0.15) is 0 Å². The Kier molecular flexibility index (Phi) is 3.11. The van der Waals surface area contributed by atoms with E-state index >= 15 is 0 Å². The summed E-state index contributed by atoms with van der Waals surface area (Å²) in [5.74, 6) is 2.05. The molecule has 1 fully saturated rings. The second-order valence-corrected chi connectivity index (χ2v) is 4.05. The minimum atomic E-state index is 0.328. The molecule has 0 saturated heterocycles. The van der Waals surface area contributed by atoms with E-state index in [1.54, 1.807) is 7.11 Å². The summed E-state index contributed by atoms with van der Waals surface area (Å²) < 4.78 is 5.08. The molecule has 0 bridgehead atoms. The van der Waals surface area contributed by atoms with Crippen molar-refractivity contribution in [1.29, 1.82) is 0 Å². The van der Waals surface area contributed by atoms with E-state index in [2.05, 4.69) is 5.32 Å². The predicted molar refractivity (Wildman–Crippen MR) is 60.2 cm³/mol. The molecule has 0 aliphatic heterocycles. The lowest BCUT2D eigenvalue weighted by Gasteiger charge is -2.06. The fourth-order valence-corrected chi connectivity index (χ4v) is 1.74. The maximum absolute atomic E-state index is 8.90. The Morgan fingerprint density at radius 3 is 2.60 bits per heavy atom. The summed E-state index contributed by atoms with van der Waals surface area (Å²) in [6.07, 6.45) is 1.15. The van der Waals surface area contributed by atoms with Crippen LogP contribution in [0.5, 0.6) is 5.75 Å². The van der Waals surface area contributed by atoms with E-state index in [1.165, 1.54) is 0 Å². The van der Waals surface area contributed by atoms with Gasteiger partial charge in [-0.15, -0.1) is 0 Å². The molecule has 1 aromatic carbocycles. The van der Waals surface area contributed by atoms with Crippen LogP contribution in [0.25, 0.3) is 0 Å². The Bertz CT molecular complexity index is 310. The molecule has 1 aliphatic rings. The number of aliphatic hydroxyl groups excluding tert-OH is 1. The molecule has 0 heterocycles. The zero-order valence-electron chi connectivity index (χ0n) is 8.94. The number of benzene rings is 1. The van der Waals surface area contributed by atoms with E-state index in [4.69, 9.17) is 9.84 Å². The van der Waals surface area contributed by atoms with Gasteiger partial charge in [-0.25, -0.2) is 0 Å². The Hall–Kier alpha value is -1.22. The minimum Gasteiger partial charge on any atom is -0.497 e. The Morgan fingerprint density at radius 2 is 2.07 bits per heavy atom. The quantitative estimate of drug-likeness (QED) is 0.772. The molecule has 0 spiro atoms. The third-order valence-electron chi connectivity index (χ3n) is 2.96. The molecule has 1 aromatic rings. The molecule has 2 N–H and O–H groups in total. The largest absolute Gasteiger partial charge is 0.497 e. The second-order valence-electron chi connectivity index (χ2n) is 4.05. The van der Waals surface area contributed by atoms with E-state index in [9.17, 15) is 0 Å². The van der Waals surface area contributed by atoms with Gasteiger partial charge in [0.05, 0.1) is 7.11 Å². The molecule has 3 nitrogen and oxygen atoms in total. The van der Waals surface area contributed by atoms with Gasteiger partial charge in [0.1, 0.15) is 5.75 Å². The normalized spacial score (nSPS) is 23.6. The van der Waals surface area contributed by atoms with E-state index in [-0.39, 0.29) is 0 Å². The first-order valence-corrected chi connectivity index (χ1v) is 5.32. The van der Waals surface area contributed by atoms with Gasteiger partial charge >= 0.3 is 0 Å². The molecular weight excluding hydrogens is 190 g/mol. The summed E-state index contributed by atoms with van der Waals surface area (Å²) in [7, 11) is 1.67. The summed E-state index contributed by atoms with van der Waals surface area (Å²) >= 11 is 0. The van der Waals surface area contributed by atoms with E-state index in [1.807, 2.05) is 24.3 Å². The third-order valence-corrected chi connectivity index (χ3v) is 2.96. The first-order valence-electron chi connectivity index (χ1n) is 5.32. The van der Waals surface area contributed by atoms with Gasteiger partial charge in [0.25, 0.3) is 0 Å². The lowest BCUT2D eigenvalue weighted by atomic mass is 10.2. The van der Waals surface area contributed by atoms with Crippen molar-refractivity contribution in [1.82, 2.24) is 0 Å². The summed E-state index contributed by atoms with van der Waals surface area (Å²) in [4.78, 5) is 0. The molecule has 3 heteroatoms. The van der Waals surface area contributed by atoms with Gasteiger partial charge in [0.2, 0.25) is 0 Å². The van der Waals surface area contributed by atoms with Crippen LogP contribution >= 0.6 is 0 Å². The molecule has 82 valence electrons. The topological polar surface area (TPSA) is 41.5 Å². The van der Waals surface area contributed by atoms with Crippen LogP contribution in [-0.4, -0.2) is 25.4 Å². The Labute approximate surface area is 90.1 Å². The first-order chi connectivity index (χ1) is 7.33. The second kappa shape index (κ2) is 4.53. The molecular formula is C12H17NO2. The molecule has 1 saturated carbocycles. The third kappa shape index (κ3) is 2.63. The highest BCUT2D eigenvalue weighted by Gasteiger charge is 2.35. The van der Waals surface area contributed by atoms with Crippen molar-refractivity contribution in [2.75, 3.05) is 25.6 Å². The van der Waals surface area contributed by atoms with Crippen LogP contribution in [-0.2, 0) is 0 Å². The minimum absolute atomic E-state index is 0.328. The maximum Gasteiger partial charge on any atom is 0.119 e. The number of hydrogen-bond donors (Lipinski definition) is 2. The van der Waals surface area contributed by atoms with Gasteiger partial charge < -0.3 is 15.2 Å². The number of rotatable bonds is 5. The fraction of sp³-hybridized carbons (Fsp3) is 0.500. The summed E-state index contributed by atoms with van der Waals surface area (Å²) in [6, 6.07) is 7.90. The molecule has 1 aliphatic carbocycles. The van der Waals surface area contributed by atoms with Crippen LogP contribution in [0.4, 0.5) is 5.69 Å². The first kappa shape index (κ1) is 10.3. The zero-order chi connectivity index (χ0) is 10.7. The van der Waals surface area contributed by atoms with Crippen LogP contribution in [0.15, 0.2) is 24.3 Å². The van der Waals surface area contributed by atoms with Crippen molar-refractivity contribution in [3.8, 4) is 5.75 Å². The van der Waals surface area contributed by atoms with Crippen LogP contribution < -0.4 is 10.1 Å². The molecule has 2 atom stereocenters. The van der Waals surface area contributed by atoms with E-state index in [0.29, 0.717) is 18.4 Å². The van der Waals surface area contributed by atoms with Crippen molar-refractivity contribution < 1.29 is 9.84 Å². The fourth-order valence-electron chi connectivity index (χ4n) is 1.74. The summed E-state index contributed by atoms with van der Waals surface area (Å²) in [5.41, 5.74) is 1.11. The molecule has 15 heavy (non-hydrogen) atoms. The summed E-state index contributed by atoms with van der Waals surface area (Å²) in [5, 5.41) is 12.3. The Balaban J connectivity index is 1.79. The number of methoxy groups -OCH3 is 1. The zero-order valence-corrected chi connectivity index (χ0v) is 8.94. The number of aliphatic hydroxyl groups is 1. The van der Waals surface area contributed by atoms with Gasteiger partial charge in [0.15, 0.2) is 0 Å². The van der Waals surface area contributed by atoms with Crippen molar-refractivity contribution >= 4 is 5.69 Å². The average Bonchev–Trinajstić information content (AvgIpc) is 3.06. The number of anilines is 1. The van der Waals surface area contributed by atoms with Crippen molar-refractivity contribution in [3.63, 3.8) is 0 Å². The van der Waals surface area contributed by atoms with E-state index in [0.717, 1.165) is 24.4 Å². The molecule has 0 unspecified atom stereocenters. The van der Waals surface area contributed by atoms with Crippen LogP contribution in [0.2, 0.25) is 0 Å². The summed E-state index contributed by atoms with van der Waals surface area (Å²) in [6.45, 7) is 1.28. The number of nitrogens with one attached hydrogen (secondary N) is 1. The standard InChI is InChI=1S/C12H17NO2/c1-15-12-4-2-11(3-5-12)13-7-9-6-10(9)8-14/h2-5,9-10,13-14H,6-8H2,1H3/t9-,10-/m1/s1. The Morgan fingerprint density at radius 1 is 1.33 bits per heavy atom. The molecule has 0 radical (unpaired) electrons. The molecule has 0 aromatic heterocycles. The van der Waals surface area contributed by atoms with Crippen molar-refractivity contribution in [3.05, 3.63) is 24.3 Å². The van der Waals surface area contributed by atoms with Crippen molar-refractivity contribution in [2.24, 2.45) is 11.8 Å². The van der Waals surface area contributed by atoms with Gasteiger partial charge in [-0.3, -0.25) is 0 Å². The monoisotopic (exact) mass is 207 g/mol. The van der Waals surface area contributed by atoms with Crippen LogP contribution in [0, 0.1) is 11.8 Å². The van der Waals surface area contributed by atoms with Crippen molar-refractivity contribution in [2.45, 2.75) is 6.42 Å². The number of hydrogen-bond acceptors (Lipinski definition) is 3. The highest BCUT2D eigenvalue weighted by molar-refractivity contribution is 5.46. The van der Waals surface area contributed by atoms with Gasteiger partial charge in [-0.05, 0) is 42.5 Å². The number of ether oxygens (including phenoxy) is 1. The molecule has 2 rings (SSSR count). The maximum atomic E-state index is 8.90. The smallest absolute Gasteiger partial charge is 0.119 e. The highest BCUT2D eigenvalue weighted by Crippen LogP contribution is 2.37. The average molecular weight is 207 g/mol. The van der Waals surface area contributed by atoms with Gasteiger partial charge in [-0.1, -0.05) is 0 Å². The van der Waals surface area contributed by atoms with Crippen LogP contribution in [0.3, 0.4) is 0 Å². The molecule has 0 amide bonds. The SMILES string of the molecule is COc1ccc(NC[C@H]2C[C@@H]2CO)cc1. The lowest BCUT2D eigenvalue weighted by Crippen LogP contribution is -2.05. The van der Waals surface area contributed by atoms with Gasteiger partial charge in [0, 0.05) is 18.8 Å². The highest BCUT2D eigenvalue weighted by atomic mass is 16.5. The predicted octanol–water partition coefficient (Wildman–Crippen LogP) is 1.74. The van der Waals surface area contributed by atoms with E-state index < -0.39 is 0 Å². The van der Waals surface area contributed by atoms with Crippen LogP contribution in [0.1, 0.15) is 6.42 Å².